The van der Waals surface area contributed by atoms with E-state index >= 15 is 0 Å². The second-order valence-corrected chi connectivity index (χ2v) is 21.8. The zero-order valence-electron chi connectivity index (χ0n) is 22.3. The largest absolute Gasteiger partial charge is 1.00 e. The average Bonchev–Trinajstić information content (AvgIpc) is 3.53. The van der Waals surface area contributed by atoms with E-state index in [9.17, 15) is 0 Å². The second-order valence-electron chi connectivity index (χ2n) is 9.04. The van der Waals surface area contributed by atoms with E-state index in [4.69, 9.17) is 0 Å². The molecule has 2 aliphatic rings. The Kier molecular flexibility index (Phi) is 20.5. The summed E-state index contributed by atoms with van der Waals surface area (Å²) in [5, 5.41) is 0. The summed E-state index contributed by atoms with van der Waals surface area (Å²) < 4.78 is 0. The Morgan fingerprint density at radius 2 is 1.00 bits per heavy atom. The first-order valence-electron chi connectivity index (χ1n) is 12.8. The zero-order chi connectivity index (χ0) is 24.6. The van der Waals surface area contributed by atoms with Crippen LogP contribution in [0.2, 0.25) is 13.1 Å². The first-order chi connectivity index (χ1) is 16.5. The van der Waals surface area contributed by atoms with Gasteiger partial charge in [0.1, 0.15) is 0 Å². The molecule has 2 aromatic rings. The van der Waals surface area contributed by atoms with Crippen LogP contribution in [0.25, 0.3) is 11.1 Å². The van der Waals surface area contributed by atoms with Crippen molar-refractivity contribution in [3.8, 4) is 0 Å². The number of halogens is 2. The molecule has 0 N–H and O–H groups in total. The standard InChI is InChI=1S/2C15H17.C2H6Si.2ClH.Hf/c2*1-2-3-7-13-10-11-15(12-13)14-8-5-4-6-9-14;1-3-2;;;/h2*4-6,8-9,12H,2-3,7,11H2,1H3;1-2H3;2*1H;/q2*-1;;;;+2/p-2. The van der Waals surface area contributed by atoms with Crippen molar-refractivity contribution in [3.05, 3.63) is 107 Å². The molecule has 0 nitrogen and oxygen atoms in total. The van der Waals surface area contributed by atoms with Gasteiger partial charge >= 0.3 is 41.6 Å². The summed E-state index contributed by atoms with van der Waals surface area (Å²) in [7, 11) is 0. The fraction of sp³-hybridized carbons (Fsp3) is 0.375. The summed E-state index contributed by atoms with van der Waals surface area (Å²) in [6.45, 7) is 9.13. The van der Waals surface area contributed by atoms with Gasteiger partial charge in [0.05, 0.1) is 0 Å². The molecule has 36 heavy (non-hydrogen) atoms. The van der Waals surface area contributed by atoms with Crippen molar-refractivity contribution in [3.63, 3.8) is 0 Å². The predicted octanol–water partition coefficient (Wildman–Crippen LogP) is 3.58. The maximum atomic E-state index is 3.46. The number of hydrogen-bond donors (Lipinski definition) is 0. The van der Waals surface area contributed by atoms with Crippen LogP contribution in [0.1, 0.15) is 76.3 Å². The molecule has 0 saturated carbocycles. The van der Waals surface area contributed by atoms with Gasteiger partial charge in [-0.05, 0) is 11.1 Å². The molecular weight excluding hydrogens is 662 g/mol. The van der Waals surface area contributed by atoms with Gasteiger partial charge in [-0.2, -0.15) is 0 Å². The van der Waals surface area contributed by atoms with Crippen LogP contribution in [0.4, 0.5) is 0 Å². The normalized spacial score (nSPS) is 13.3. The summed E-state index contributed by atoms with van der Waals surface area (Å²) in [6.07, 6.45) is 21.0. The van der Waals surface area contributed by atoms with Crippen LogP contribution in [0.15, 0.2) is 84.0 Å². The summed E-state index contributed by atoms with van der Waals surface area (Å²) in [5.74, 6) is 0. The molecule has 192 valence electrons. The minimum absolute atomic E-state index is 0. The molecule has 0 radical (unpaired) electrons. The minimum atomic E-state index is 0. The van der Waals surface area contributed by atoms with Gasteiger partial charge in [-0.3, -0.25) is 12.2 Å². The van der Waals surface area contributed by atoms with E-state index < -0.39 is 0 Å². The van der Waals surface area contributed by atoms with Gasteiger partial charge in [0.15, 0.2) is 0 Å². The van der Waals surface area contributed by atoms with Gasteiger partial charge in [-0.1, -0.05) is 113 Å². The van der Waals surface area contributed by atoms with Crippen LogP contribution >= 0.6 is 0 Å². The zero-order valence-corrected chi connectivity index (χ0v) is 28.4. The number of benzene rings is 2. The van der Waals surface area contributed by atoms with Gasteiger partial charge in [0.25, 0.3) is 0 Å². The van der Waals surface area contributed by atoms with E-state index in [2.05, 4.69) is 112 Å². The SMILES string of the molecule is CCCCC1=[C-]CC(c2ccccc2)=C1.CCCCC1=[C-]CC(c2ccccc2)=C1.C[Si](C)=[Hf+2].[Cl-].[Cl-]. The van der Waals surface area contributed by atoms with E-state index in [0.717, 1.165) is 12.8 Å². The molecule has 4 rings (SSSR count). The maximum absolute atomic E-state index is 3.46. The fourth-order valence-corrected chi connectivity index (χ4v) is 3.77. The van der Waals surface area contributed by atoms with Crippen LogP contribution in [0.5, 0.6) is 0 Å². The maximum Gasteiger partial charge on any atom is -1.00 e. The smallest absolute Gasteiger partial charge is 1.00 e. The molecule has 4 heteroatoms. The molecule has 0 unspecified atom stereocenters. The van der Waals surface area contributed by atoms with E-state index in [0.29, 0.717) is 0 Å². The summed E-state index contributed by atoms with van der Waals surface area (Å²) in [6, 6.07) is 21.2. The van der Waals surface area contributed by atoms with Gasteiger partial charge in [-0.25, -0.2) is 23.3 Å². The van der Waals surface area contributed by atoms with Crippen molar-refractivity contribution >= 4 is 16.6 Å². The Hall–Kier alpha value is -0.933. The Morgan fingerprint density at radius 1 is 0.667 bits per heavy atom. The molecule has 0 heterocycles. The third kappa shape index (κ3) is 14.1. The summed E-state index contributed by atoms with van der Waals surface area (Å²) in [4.78, 5) is 0. The third-order valence-electron chi connectivity index (χ3n) is 5.60. The third-order valence-corrected chi connectivity index (χ3v) is 5.60. The molecule has 2 aliphatic carbocycles. The molecule has 0 fully saturated rings. The number of unbranched alkanes of at least 4 members (excludes halogenated alkanes) is 2. The molecular formula is C32H40Cl2HfSi-2. The van der Waals surface area contributed by atoms with Gasteiger partial charge in [-0.15, -0.1) is 24.0 Å². The van der Waals surface area contributed by atoms with Crippen molar-refractivity contribution in [1.29, 1.82) is 0 Å². The van der Waals surface area contributed by atoms with Crippen molar-refractivity contribution in [2.24, 2.45) is 0 Å². The first-order valence-corrected chi connectivity index (χ1v) is 20.7. The second kappa shape index (κ2) is 21.0. The quantitative estimate of drug-likeness (QED) is 0.292. The van der Waals surface area contributed by atoms with Crippen molar-refractivity contribution in [2.45, 2.75) is 78.3 Å². The summed E-state index contributed by atoms with van der Waals surface area (Å²) in [5.41, 5.74) is 8.58. The van der Waals surface area contributed by atoms with Crippen molar-refractivity contribution in [1.82, 2.24) is 0 Å². The van der Waals surface area contributed by atoms with E-state index in [1.807, 2.05) is 0 Å². The Labute approximate surface area is 248 Å². The van der Waals surface area contributed by atoms with Gasteiger partial charge in [0.2, 0.25) is 0 Å². The summed E-state index contributed by atoms with van der Waals surface area (Å²) >= 11 is 1.45. The Balaban J connectivity index is 0.000000566. The molecule has 0 aliphatic heterocycles. The van der Waals surface area contributed by atoms with E-state index in [-0.39, 0.29) is 30.3 Å². The van der Waals surface area contributed by atoms with Crippen LogP contribution in [-0.2, 0) is 23.0 Å². The number of rotatable bonds is 8. The Bertz CT molecular complexity index is 923. The van der Waals surface area contributed by atoms with Crippen LogP contribution < -0.4 is 24.8 Å². The van der Waals surface area contributed by atoms with E-state index in [1.54, 1.807) is 0 Å². The molecule has 0 atom stereocenters. The molecule has 0 saturated heterocycles. The average molecular weight is 702 g/mol. The van der Waals surface area contributed by atoms with Crippen molar-refractivity contribution in [2.75, 3.05) is 0 Å². The van der Waals surface area contributed by atoms with Crippen LogP contribution in [-0.4, -0.2) is 5.49 Å². The topological polar surface area (TPSA) is 0 Å². The molecule has 2 aromatic carbocycles. The Morgan fingerprint density at radius 3 is 1.31 bits per heavy atom. The monoisotopic (exact) mass is 702 g/mol. The molecule has 0 amide bonds. The van der Waals surface area contributed by atoms with Crippen LogP contribution in [0.3, 0.4) is 0 Å². The fourth-order valence-electron chi connectivity index (χ4n) is 3.77. The number of allylic oxidation sites excluding steroid dienone is 8. The van der Waals surface area contributed by atoms with Gasteiger partial charge < -0.3 is 24.8 Å². The molecule has 0 spiro atoms. The molecule has 0 bridgehead atoms. The number of hydrogen-bond acceptors (Lipinski definition) is 0. The van der Waals surface area contributed by atoms with Crippen molar-refractivity contribution < 1.29 is 47.8 Å². The van der Waals surface area contributed by atoms with Crippen LogP contribution in [0, 0.1) is 12.2 Å². The molecule has 0 aromatic heterocycles. The minimum Gasteiger partial charge on any atom is -1.00 e. The van der Waals surface area contributed by atoms with E-state index in [1.165, 1.54) is 94.9 Å². The first kappa shape index (κ1) is 35.1. The van der Waals surface area contributed by atoms with Gasteiger partial charge in [0, 0.05) is 0 Å². The predicted molar refractivity (Wildman–Crippen MR) is 148 cm³/mol.